The molecule has 144 valence electrons. The molecule has 0 unspecified atom stereocenters. The summed E-state index contributed by atoms with van der Waals surface area (Å²) in [6.07, 6.45) is 3.77. The smallest absolute Gasteiger partial charge is 0.215 e. The Bertz CT molecular complexity index is 792. The number of rotatable bonds is 6. The van der Waals surface area contributed by atoms with Gasteiger partial charge in [-0.2, -0.15) is 0 Å². The number of pyridine rings is 2. The monoisotopic (exact) mass is 367 g/mol. The molecule has 0 saturated carbocycles. The van der Waals surface area contributed by atoms with Crippen molar-refractivity contribution in [1.29, 1.82) is 0 Å². The normalized spacial score (nSPS) is 20.1. The minimum atomic E-state index is -0.191. The Morgan fingerprint density at radius 1 is 1.26 bits per heavy atom. The average molecular weight is 367 g/mol. The van der Waals surface area contributed by atoms with E-state index in [-0.39, 0.29) is 11.6 Å². The third-order valence-electron chi connectivity index (χ3n) is 4.98. The van der Waals surface area contributed by atoms with E-state index < -0.39 is 0 Å². The Hall–Kier alpha value is -2.47. The van der Waals surface area contributed by atoms with Gasteiger partial charge in [0.1, 0.15) is 17.3 Å². The van der Waals surface area contributed by atoms with Crippen LogP contribution in [-0.2, 0) is 0 Å². The van der Waals surface area contributed by atoms with Gasteiger partial charge in [0.05, 0.1) is 5.56 Å². The molecule has 0 aliphatic carbocycles. The van der Waals surface area contributed by atoms with E-state index in [1.54, 1.807) is 24.4 Å². The van der Waals surface area contributed by atoms with Crippen molar-refractivity contribution in [3.8, 4) is 0 Å². The van der Waals surface area contributed by atoms with E-state index >= 15 is 0 Å². The van der Waals surface area contributed by atoms with Crippen molar-refractivity contribution >= 4 is 17.4 Å². The highest BCUT2D eigenvalue weighted by Crippen LogP contribution is 2.21. The quantitative estimate of drug-likeness (QED) is 0.764. The van der Waals surface area contributed by atoms with Gasteiger partial charge in [-0.3, -0.25) is 4.79 Å². The predicted octanol–water partition coefficient (Wildman–Crippen LogP) is 2.89. The van der Waals surface area contributed by atoms with E-state index in [0.29, 0.717) is 29.3 Å². The number of aromatic nitrogens is 2. The molecular formula is C21H29N5O. The highest BCUT2D eigenvalue weighted by atomic mass is 16.1. The number of nitrogen functional groups attached to an aromatic ring is 1. The molecule has 0 spiro atoms. The van der Waals surface area contributed by atoms with Gasteiger partial charge in [-0.05, 0) is 43.0 Å². The van der Waals surface area contributed by atoms with E-state index in [2.05, 4.69) is 41.0 Å². The van der Waals surface area contributed by atoms with Crippen molar-refractivity contribution in [2.75, 3.05) is 23.7 Å². The van der Waals surface area contributed by atoms with Crippen LogP contribution in [0.25, 0.3) is 0 Å². The second kappa shape index (κ2) is 8.48. The van der Waals surface area contributed by atoms with Crippen LogP contribution in [0.2, 0.25) is 0 Å². The fourth-order valence-corrected chi connectivity index (χ4v) is 3.66. The van der Waals surface area contributed by atoms with Crippen LogP contribution < -0.4 is 16.0 Å². The van der Waals surface area contributed by atoms with Crippen LogP contribution in [0.5, 0.6) is 0 Å². The van der Waals surface area contributed by atoms with E-state index in [9.17, 15) is 4.79 Å². The zero-order chi connectivity index (χ0) is 19.4. The number of nitrogens with two attached hydrogens (primary N) is 1. The lowest BCUT2D eigenvalue weighted by Gasteiger charge is -2.40. The molecule has 1 aliphatic heterocycles. The van der Waals surface area contributed by atoms with Gasteiger partial charge in [0.2, 0.25) is 5.78 Å². The van der Waals surface area contributed by atoms with Crippen LogP contribution in [0.4, 0.5) is 11.6 Å². The summed E-state index contributed by atoms with van der Waals surface area (Å²) < 4.78 is 0. The van der Waals surface area contributed by atoms with Gasteiger partial charge in [0.25, 0.3) is 0 Å². The van der Waals surface area contributed by atoms with Gasteiger partial charge < -0.3 is 16.0 Å². The summed E-state index contributed by atoms with van der Waals surface area (Å²) in [4.78, 5) is 23.8. The Balaban J connectivity index is 1.83. The standard InChI is InChI=1S/C21H29N5O/c1-4-15-12-26(13-16(24-15)11-14(2)3)19-9-5-8-18(25-19)20(27)17-7-6-10-23-21(17)22/h5-10,14-16,24H,4,11-13H2,1-3H3,(H2,22,23)/t15-,16+/m0/s1. The van der Waals surface area contributed by atoms with Crippen LogP contribution in [-0.4, -0.2) is 40.9 Å². The van der Waals surface area contributed by atoms with Gasteiger partial charge in [0, 0.05) is 31.4 Å². The van der Waals surface area contributed by atoms with Crippen LogP contribution in [0.1, 0.15) is 49.7 Å². The molecule has 0 radical (unpaired) electrons. The number of anilines is 2. The first kappa shape index (κ1) is 19.3. The summed E-state index contributed by atoms with van der Waals surface area (Å²) in [5, 5.41) is 3.74. The zero-order valence-corrected chi connectivity index (χ0v) is 16.4. The molecule has 1 fully saturated rings. The largest absolute Gasteiger partial charge is 0.383 e. The fourth-order valence-electron chi connectivity index (χ4n) is 3.66. The minimum Gasteiger partial charge on any atom is -0.383 e. The molecule has 27 heavy (non-hydrogen) atoms. The van der Waals surface area contributed by atoms with Crippen molar-refractivity contribution in [3.63, 3.8) is 0 Å². The highest BCUT2D eigenvalue weighted by molar-refractivity contribution is 6.10. The number of piperazine rings is 1. The zero-order valence-electron chi connectivity index (χ0n) is 16.4. The van der Waals surface area contributed by atoms with Gasteiger partial charge >= 0.3 is 0 Å². The maximum atomic E-state index is 12.8. The molecule has 2 aromatic rings. The Morgan fingerprint density at radius 3 is 2.74 bits per heavy atom. The van der Waals surface area contributed by atoms with Crippen molar-refractivity contribution in [2.24, 2.45) is 5.92 Å². The lowest BCUT2D eigenvalue weighted by Crippen LogP contribution is -2.57. The van der Waals surface area contributed by atoms with Crippen molar-refractivity contribution in [2.45, 2.75) is 45.7 Å². The topological polar surface area (TPSA) is 84.1 Å². The number of nitrogens with zero attached hydrogens (tertiary/aromatic N) is 3. The van der Waals surface area contributed by atoms with Crippen molar-refractivity contribution in [1.82, 2.24) is 15.3 Å². The molecule has 6 heteroatoms. The van der Waals surface area contributed by atoms with Gasteiger partial charge in [-0.1, -0.05) is 26.8 Å². The highest BCUT2D eigenvalue weighted by Gasteiger charge is 2.27. The minimum absolute atomic E-state index is 0.191. The number of nitrogens with one attached hydrogen (secondary N) is 1. The Morgan fingerprint density at radius 2 is 2.04 bits per heavy atom. The number of hydrogen-bond donors (Lipinski definition) is 2. The molecule has 3 heterocycles. The SMILES string of the molecule is CC[C@H]1CN(c2cccc(C(=O)c3cccnc3N)n2)C[C@@H](CC(C)C)N1. The molecule has 6 nitrogen and oxygen atoms in total. The van der Waals surface area contributed by atoms with E-state index in [4.69, 9.17) is 5.73 Å². The number of carbonyl (C=O) groups excluding carboxylic acids is 1. The maximum absolute atomic E-state index is 12.8. The lowest BCUT2D eigenvalue weighted by molar-refractivity contribution is 0.103. The first-order chi connectivity index (χ1) is 13.0. The lowest BCUT2D eigenvalue weighted by atomic mass is 9.99. The van der Waals surface area contributed by atoms with Crippen LogP contribution in [0.3, 0.4) is 0 Å². The van der Waals surface area contributed by atoms with Crippen LogP contribution in [0, 0.1) is 5.92 Å². The molecule has 1 aliphatic rings. The summed E-state index contributed by atoms with van der Waals surface area (Å²) in [7, 11) is 0. The van der Waals surface area contributed by atoms with Gasteiger partial charge in [-0.15, -0.1) is 0 Å². The Labute approximate surface area is 161 Å². The van der Waals surface area contributed by atoms with E-state index in [1.165, 1.54) is 0 Å². The van der Waals surface area contributed by atoms with Crippen LogP contribution in [0.15, 0.2) is 36.5 Å². The first-order valence-electron chi connectivity index (χ1n) is 9.71. The molecular weight excluding hydrogens is 338 g/mol. The van der Waals surface area contributed by atoms with Crippen molar-refractivity contribution < 1.29 is 4.79 Å². The molecule has 0 aromatic carbocycles. The van der Waals surface area contributed by atoms with E-state index in [1.807, 2.05) is 12.1 Å². The summed E-state index contributed by atoms with van der Waals surface area (Å²) in [6.45, 7) is 8.49. The summed E-state index contributed by atoms with van der Waals surface area (Å²) >= 11 is 0. The molecule has 3 N–H and O–H groups in total. The number of hydrogen-bond acceptors (Lipinski definition) is 6. The summed E-state index contributed by atoms with van der Waals surface area (Å²) in [5.74, 6) is 1.52. The van der Waals surface area contributed by atoms with E-state index in [0.717, 1.165) is 31.7 Å². The second-order valence-corrected chi connectivity index (χ2v) is 7.65. The summed E-state index contributed by atoms with van der Waals surface area (Å²) in [5.41, 5.74) is 6.66. The third-order valence-corrected chi connectivity index (χ3v) is 4.98. The number of ketones is 1. The van der Waals surface area contributed by atoms with Gasteiger partial charge in [-0.25, -0.2) is 9.97 Å². The predicted molar refractivity (Wildman–Crippen MR) is 109 cm³/mol. The van der Waals surface area contributed by atoms with Gasteiger partial charge in [0.15, 0.2) is 0 Å². The average Bonchev–Trinajstić information content (AvgIpc) is 2.67. The number of carbonyl (C=O) groups is 1. The molecule has 3 rings (SSSR count). The second-order valence-electron chi connectivity index (χ2n) is 7.65. The molecule has 0 amide bonds. The maximum Gasteiger partial charge on any atom is 0.215 e. The summed E-state index contributed by atoms with van der Waals surface area (Å²) in [6, 6.07) is 9.87. The molecule has 0 bridgehead atoms. The Kier molecular flexibility index (Phi) is 6.06. The molecule has 1 saturated heterocycles. The molecule has 2 aromatic heterocycles. The van der Waals surface area contributed by atoms with Crippen LogP contribution >= 0.6 is 0 Å². The first-order valence-corrected chi connectivity index (χ1v) is 9.71. The fraction of sp³-hybridized carbons (Fsp3) is 0.476. The molecule has 2 atom stereocenters. The van der Waals surface area contributed by atoms with Crippen molar-refractivity contribution in [3.05, 3.63) is 47.8 Å². The third kappa shape index (κ3) is 4.63.